The Morgan fingerprint density at radius 3 is 2.91 bits per heavy atom. The number of aryl methyl sites for hydroxylation is 1. The molecular weight excluding hydrogens is 276 g/mol. The van der Waals surface area contributed by atoms with Crippen LogP contribution in [0.2, 0.25) is 0 Å². The summed E-state index contributed by atoms with van der Waals surface area (Å²) in [4.78, 5) is 14.4. The zero-order chi connectivity index (χ0) is 15.5. The molecule has 2 N–H and O–H groups in total. The number of rotatable bonds is 2. The van der Waals surface area contributed by atoms with Gasteiger partial charge < -0.3 is 15.3 Å². The standard InChI is InChI=1S/C18H26N2O2/c1-13(21)15-10-11-20(12-15)18(22)19-17-9-5-3-7-14-6-2-4-8-16(14)17/h2,4,6,8,13,15,17,21H,3,5,7,9-12H2,1H3,(H,19,22). The largest absolute Gasteiger partial charge is 0.393 e. The summed E-state index contributed by atoms with van der Waals surface area (Å²) in [5.74, 6) is 0.215. The Morgan fingerprint density at radius 1 is 1.32 bits per heavy atom. The van der Waals surface area contributed by atoms with Crippen LogP contribution in [0, 0.1) is 5.92 Å². The summed E-state index contributed by atoms with van der Waals surface area (Å²) >= 11 is 0. The quantitative estimate of drug-likeness (QED) is 0.825. The van der Waals surface area contributed by atoms with Crippen LogP contribution >= 0.6 is 0 Å². The van der Waals surface area contributed by atoms with Gasteiger partial charge in [-0.25, -0.2) is 4.79 Å². The van der Waals surface area contributed by atoms with E-state index in [2.05, 4.69) is 29.6 Å². The topological polar surface area (TPSA) is 52.6 Å². The fourth-order valence-electron chi connectivity index (χ4n) is 3.68. The number of likely N-dealkylation sites (tertiary alicyclic amines) is 1. The number of amides is 2. The number of carbonyl (C=O) groups excluding carboxylic acids is 1. The molecule has 1 aliphatic carbocycles. The molecule has 0 saturated carbocycles. The summed E-state index contributed by atoms with van der Waals surface area (Å²) in [6, 6.07) is 8.61. The number of urea groups is 1. The summed E-state index contributed by atoms with van der Waals surface area (Å²) < 4.78 is 0. The molecule has 2 amide bonds. The van der Waals surface area contributed by atoms with Crippen molar-refractivity contribution < 1.29 is 9.90 Å². The fraction of sp³-hybridized carbons (Fsp3) is 0.611. The van der Waals surface area contributed by atoms with Crippen LogP contribution in [0.4, 0.5) is 4.79 Å². The highest BCUT2D eigenvalue weighted by molar-refractivity contribution is 5.75. The van der Waals surface area contributed by atoms with Crippen LogP contribution < -0.4 is 5.32 Å². The Labute approximate surface area is 132 Å². The lowest BCUT2D eigenvalue weighted by molar-refractivity contribution is 0.129. The molecule has 1 aromatic rings. The second-order valence-corrected chi connectivity index (χ2v) is 6.68. The van der Waals surface area contributed by atoms with Crippen LogP contribution in [0.1, 0.15) is 49.8 Å². The Bertz CT molecular complexity index is 530. The van der Waals surface area contributed by atoms with Gasteiger partial charge in [0.1, 0.15) is 0 Å². The van der Waals surface area contributed by atoms with E-state index in [0.29, 0.717) is 6.54 Å². The maximum Gasteiger partial charge on any atom is 0.317 e. The van der Waals surface area contributed by atoms with E-state index < -0.39 is 0 Å². The molecule has 1 aromatic carbocycles. The van der Waals surface area contributed by atoms with Crippen molar-refractivity contribution in [3.05, 3.63) is 35.4 Å². The van der Waals surface area contributed by atoms with Gasteiger partial charge in [-0.2, -0.15) is 0 Å². The minimum atomic E-state index is -0.337. The minimum Gasteiger partial charge on any atom is -0.393 e. The molecule has 4 heteroatoms. The first-order chi connectivity index (χ1) is 10.6. The third-order valence-electron chi connectivity index (χ3n) is 5.11. The highest BCUT2D eigenvalue weighted by Gasteiger charge is 2.30. The maximum atomic E-state index is 12.5. The minimum absolute atomic E-state index is 0.0184. The number of benzene rings is 1. The van der Waals surface area contributed by atoms with Crippen molar-refractivity contribution >= 4 is 6.03 Å². The summed E-state index contributed by atoms with van der Waals surface area (Å²) in [6.07, 6.45) is 5.02. The number of aliphatic hydroxyl groups is 1. The molecule has 3 unspecified atom stereocenters. The molecule has 0 bridgehead atoms. The molecule has 3 rings (SSSR count). The molecule has 1 fully saturated rings. The first kappa shape index (κ1) is 15.3. The number of hydrogen-bond donors (Lipinski definition) is 2. The maximum absolute atomic E-state index is 12.5. The van der Waals surface area contributed by atoms with Crippen molar-refractivity contribution in [3.8, 4) is 0 Å². The average Bonchev–Trinajstić information content (AvgIpc) is 2.93. The lowest BCUT2D eigenvalue weighted by atomic mass is 9.99. The fourth-order valence-corrected chi connectivity index (χ4v) is 3.68. The second-order valence-electron chi connectivity index (χ2n) is 6.68. The lowest BCUT2D eigenvalue weighted by Gasteiger charge is -2.24. The van der Waals surface area contributed by atoms with Crippen molar-refractivity contribution in [1.29, 1.82) is 0 Å². The van der Waals surface area contributed by atoms with E-state index in [1.165, 1.54) is 17.5 Å². The molecule has 4 nitrogen and oxygen atoms in total. The Balaban J connectivity index is 1.67. The molecule has 0 aromatic heterocycles. The summed E-state index contributed by atoms with van der Waals surface area (Å²) in [6.45, 7) is 3.22. The number of hydrogen-bond acceptors (Lipinski definition) is 2. The summed E-state index contributed by atoms with van der Waals surface area (Å²) in [5, 5.41) is 12.9. The van der Waals surface area contributed by atoms with Gasteiger partial charge in [0, 0.05) is 19.0 Å². The van der Waals surface area contributed by atoms with Crippen molar-refractivity contribution in [1.82, 2.24) is 10.2 Å². The van der Waals surface area contributed by atoms with E-state index in [0.717, 1.165) is 32.2 Å². The zero-order valence-corrected chi connectivity index (χ0v) is 13.3. The van der Waals surface area contributed by atoms with Gasteiger partial charge in [-0.05, 0) is 43.7 Å². The predicted molar refractivity (Wildman–Crippen MR) is 86.6 cm³/mol. The van der Waals surface area contributed by atoms with Crippen LogP contribution in [0.5, 0.6) is 0 Å². The third-order valence-corrected chi connectivity index (χ3v) is 5.11. The molecule has 0 radical (unpaired) electrons. The highest BCUT2D eigenvalue weighted by Crippen LogP contribution is 2.29. The molecular formula is C18H26N2O2. The summed E-state index contributed by atoms with van der Waals surface area (Å²) in [5.41, 5.74) is 2.65. The van der Waals surface area contributed by atoms with Gasteiger partial charge >= 0.3 is 6.03 Å². The highest BCUT2D eigenvalue weighted by atomic mass is 16.3. The van der Waals surface area contributed by atoms with Crippen molar-refractivity contribution in [2.45, 2.75) is 51.2 Å². The number of carbonyl (C=O) groups is 1. The molecule has 1 saturated heterocycles. The van der Waals surface area contributed by atoms with Crippen LogP contribution in [-0.2, 0) is 6.42 Å². The van der Waals surface area contributed by atoms with Gasteiger partial charge in [0.15, 0.2) is 0 Å². The Hall–Kier alpha value is -1.55. The first-order valence-electron chi connectivity index (χ1n) is 8.46. The number of aliphatic hydroxyl groups excluding tert-OH is 1. The van der Waals surface area contributed by atoms with Crippen LogP contribution in [0.15, 0.2) is 24.3 Å². The molecule has 2 aliphatic rings. The van der Waals surface area contributed by atoms with E-state index >= 15 is 0 Å². The van der Waals surface area contributed by atoms with Crippen LogP contribution in [-0.4, -0.2) is 35.2 Å². The molecule has 22 heavy (non-hydrogen) atoms. The van der Waals surface area contributed by atoms with Gasteiger partial charge in [0.25, 0.3) is 0 Å². The van der Waals surface area contributed by atoms with E-state index in [-0.39, 0.29) is 24.1 Å². The van der Waals surface area contributed by atoms with Crippen molar-refractivity contribution in [2.24, 2.45) is 5.92 Å². The lowest BCUT2D eigenvalue weighted by Crippen LogP contribution is -2.41. The van der Waals surface area contributed by atoms with E-state index in [1.54, 1.807) is 0 Å². The number of nitrogens with zero attached hydrogens (tertiary/aromatic N) is 1. The molecule has 3 atom stereocenters. The van der Waals surface area contributed by atoms with Crippen molar-refractivity contribution in [3.63, 3.8) is 0 Å². The monoisotopic (exact) mass is 302 g/mol. The Kier molecular flexibility index (Phi) is 4.67. The van der Waals surface area contributed by atoms with Crippen LogP contribution in [0.25, 0.3) is 0 Å². The van der Waals surface area contributed by atoms with E-state index in [1.807, 2.05) is 11.8 Å². The summed E-state index contributed by atoms with van der Waals surface area (Å²) in [7, 11) is 0. The normalized spacial score (nSPS) is 26.2. The molecule has 120 valence electrons. The number of fused-ring (bicyclic) bond motifs is 1. The second kappa shape index (κ2) is 6.69. The van der Waals surface area contributed by atoms with Gasteiger partial charge in [-0.15, -0.1) is 0 Å². The van der Waals surface area contributed by atoms with E-state index in [9.17, 15) is 9.90 Å². The molecule has 1 aliphatic heterocycles. The van der Waals surface area contributed by atoms with Gasteiger partial charge in [0.05, 0.1) is 12.1 Å². The third kappa shape index (κ3) is 3.27. The average molecular weight is 302 g/mol. The van der Waals surface area contributed by atoms with Gasteiger partial charge in [-0.1, -0.05) is 30.7 Å². The van der Waals surface area contributed by atoms with E-state index in [4.69, 9.17) is 0 Å². The molecule has 0 spiro atoms. The smallest absolute Gasteiger partial charge is 0.317 e. The SMILES string of the molecule is CC(O)C1CCN(C(=O)NC2CCCCc3ccccc32)C1. The Morgan fingerprint density at radius 2 is 2.14 bits per heavy atom. The predicted octanol–water partition coefficient (Wildman–Crippen LogP) is 2.87. The first-order valence-corrected chi connectivity index (χ1v) is 8.46. The zero-order valence-electron chi connectivity index (χ0n) is 13.3. The van der Waals surface area contributed by atoms with Gasteiger partial charge in [-0.3, -0.25) is 0 Å². The van der Waals surface area contributed by atoms with Crippen LogP contribution in [0.3, 0.4) is 0 Å². The molecule has 1 heterocycles. The number of nitrogens with one attached hydrogen (secondary N) is 1. The van der Waals surface area contributed by atoms with Gasteiger partial charge in [0.2, 0.25) is 0 Å². The van der Waals surface area contributed by atoms with Crippen molar-refractivity contribution in [2.75, 3.05) is 13.1 Å².